The summed E-state index contributed by atoms with van der Waals surface area (Å²) in [5.74, 6) is 0.917. The van der Waals surface area contributed by atoms with Crippen molar-refractivity contribution in [1.29, 1.82) is 0 Å². The molecule has 5 rings (SSSR count). The molecule has 0 unspecified atom stereocenters. The molecular formula is C18H20N6O. The number of anilines is 1. The van der Waals surface area contributed by atoms with Crippen LogP contribution in [0.2, 0.25) is 0 Å². The molecule has 128 valence electrons. The molecule has 0 amide bonds. The molecule has 1 aromatic carbocycles. The van der Waals surface area contributed by atoms with Gasteiger partial charge in [0.1, 0.15) is 11.8 Å². The Morgan fingerprint density at radius 3 is 2.96 bits per heavy atom. The molecule has 2 aliphatic heterocycles. The Morgan fingerprint density at radius 2 is 2.04 bits per heavy atom. The van der Waals surface area contributed by atoms with Crippen LogP contribution in [0.15, 0.2) is 43.0 Å². The third kappa shape index (κ3) is 2.65. The number of nitrogens with one attached hydrogen (secondary N) is 1. The Morgan fingerprint density at radius 1 is 1.12 bits per heavy atom. The number of morpholine rings is 1. The highest BCUT2D eigenvalue weighted by Gasteiger charge is 2.41. The van der Waals surface area contributed by atoms with Crippen molar-refractivity contribution in [3.63, 3.8) is 0 Å². The Balaban J connectivity index is 1.39. The van der Waals surface area contributed by atoms with Gasteiger partial charge >= 0.3 is 0 Å². The molecule has 0 aliphatic carbocycles. The van der Waals surface area contributed by atoms with E-state index in [0.29, 0.717) is 11.7 Å². The summed E-state index contributed by atoms with van der Waals surface area (Å²) in [6.07, 6.45) is 3.47. The molecule has 2 atom stereocenters. The number of ether oxygens (including phenoxy) is 1. The highest BCUT2D eigenvalue weighted by atomic mass is 16.5. The number of imidazole rings is 1. The average Bonchev–Trinajstić information content (AvgIpc) is 3.29. The molecule has 2 saturated heterocycles. The maximum absolute atomic E-state index is 6.06. The maximum atomic E-state index is 6.06. The summed E-state index contributed by atoms with van der Waals surface area (Å²) in [6.45, 7) is 4.46. The van der Waals surface area contributed by atoms with Crippen LogP contribution in [-0.4, -0.2) is 63.2 Å². The number of H-pyrrole nitrogens is 1. The maximum Gasteiger partial charge on any atom is 0.182 e. The molecule has 25 heavy (non-hydrogen) atoms. The van der Waals surface area contributed by atoms with E-state index in [1.54, 1.807) is 12.7 Å². The van der Waals surface area contributed by atoms with Gasteiger partial charge < -0.3 is 14.6 Å². The molecule has 0 spiro atoms. The van der Waals surface area contributed by atoms with Crippen LogP contribution in [0, 0.1) is 0 Å². The Bertz CT molecular complexity index is 866. The molecule has 2 aliphatic rings. The lowest BCUT2D eigenvalue weighted by atomic mass is 10.1. The zero-order valence-electron chi connectivity index (χ0n) is 13.9. The number of rotatable bonds is 3. The van der Waals surface area contributed by atoms with E-state index in [4.69, 9.17) is 4.74 Å². The minimum absolute atomic E-state index is 0.213. The predicted octanol–water partition coefficient (Wildman–Crippen LogP) is 1.44. The summed E-state index contributed by atoms with van der Waals surface area (Å²) in [6, 6.07) is 11.0. The van der Waals surface area contributed by atoms with Gasteiger partial charge in [-0.2, -0.15) is 0 Å². The molecule has 0 saturated carbocycles. The third-order valence-corrected chi connectivity index (χ3v) is 5.15. The summed E-state index contributed by atoms with van der Waals surface area (Å²) in [5, 5.41) is 0. The highest BCUT2D eigenvalue weighted by Crippen LogP contribution is 2.29. The van der Waals surface area contributed by atoms with Crippen molar-refractivity contribution in [2.24, 2.45) is 0 Å². The van der Waals surface area contributed by atoms with E-state index in [0.717, 1.165) is 44.1 Å². The smallest absolute Gasteiger partial charge is 0.182 e. The zero-order valence-corrected chi connectivity index (χ0v) is 13.9. The molecule has 4 heterocycles. The molecule has 7 nitrogen and oxygen atoms in total. The van der Waals surface area contributed by atoms with Crippen LogP contribution in [-0.2, 0) is 11.3 Å². The lowest BCUT2D eigenvalue weighted by molar-refractivity contribution is -0.0499. The third-order valence-electron chi connectivity index (χ3n) is 5.15. The second kappa shape index (κ2) is 6.09. The van der Waals surface area contributed by atoms with E-state index >= 15 is 0 Å². The Hall–Kier alpha value is -2.51. The van der Waals surface area contributed by atoms with Gasteiger partial charge in [0.25, 0.3) is 0 Å². The molecule has 7 heteroatoms. The van der Waals surface area contributed by atoms with Crippen LogP contribution in [0.25, 0.3) is 11.2 Å². The lowest BCUT2D eigenvalue weighted by Gasteiger charge is -2.36. The van der Waals surface area contributed by atoms with Crippen LogP contribution in [0.3, 0.4) is 0 Å². The van der Waals surface area contributed by atoms with Gasteiger partial charge in [-0.1, -0.05) is 30.3 Å². The second-order valence-corrected chi connectivity index (χ2v) is 6.64. The van der Waals surface area contributed by atoms with E-state index in [9.17, 15) is 0 Å². The van der Waals surface area contributed by atoms with Crippen molar-refractivity contribution in [1.82, 2.24) is 24.8 Å². The predicted molar refractivity (Wildman–Crippen MR) is 94.3 cm³/mol. The fraction of sp³-hybridized carbons (Fsp3) is 0.389. The second-order valence-electron chi connectivity index (χ2n) is 6.64. The van der Waals surface area contributed by atoms with E-state index < -0.39 is 0 Å². The number of fused-ring (bicyclic) bond motifs is 2. The van der Waals surface area contributed by atoms with Gasteiger partial charge in [-0.3, -0.25) is 4.90 Å². The first-order valence-corrected chi connectivity index (χ1v) is 8.67. The Labute approximate surface area is 145 Å². The molecule has 1 N–H and O–H groups in total. The summed E-state index contributed by atoms with van der Waals surface area (Å²) in [4.78, 5) is 20.9. The summed E-state index contributed by atoms with van der Waals surface area (Å²) in [5.41, 5.74) is 2.96. The monoisotopic (exact) mass is 336 g/mol. The SMILES string of the molecule is c1ccc(CN2CCO[C@@H]3CN(c4ncnc5nc[nH]c45)C[C@@H]32)cc1. The number of hydrogen-bond acceptors (Lipinski definition) is 6. The first-order valence-electron chi connectivity index (χ1n) is 8.67. The normalized spacial score (nSPS) is 23.9. The van der Waals surface area contributed by atoms with E-state index in [1.807, 2.05) is 0 Å². The van der Waals surface area contributed by atoms with Gasteiger partial charge in [0, 0.05) is 26.2 Å². The first-order chi connectivity index (χ1) is 12.4. The number of hydrogen-bond donors (Lipinski definition) is 1. The summed E-state index contributed by atoms with van der Waals surface area (Å²) >= 11 is 0. The van der Waals surface area contributed by atoms with Crippen LogP contribution in [0.1, 0.15) is 5.56 Å². The number of aromatic nitrogens is 4. The highest BCUT2D eigenvalue weighted by molar-refractivity contribution is 5.82. The van der Waals surface area contributed by atoms with Crippen molar-refractivity contribution in [3.8, 4) is 0 Å². The molecule has 3 aromatic rings. The van der Waals surface area contributed by atoms with Crippen LogP contribution in [0.4, 0.5) is 5.82 Å². The fourth-order valence-corrected chi connectivity index (χ4v) is 3.94. The Kier molecular flexibility index (Phi) is 3.61. The van der Waals surface area contributed by atoms with Gasteiger partial charge in [-0.05, 0) is 5.56 Å². The molecule has 0 bridgehead atoms. The van der Waals surface area contributed by atoms with Crippen LogP contribution in [0.5, 0.6) is 0 Å². The van der Waals surface area contributed by atoms with Gasteiger partial charge in [-0.15, -0.1) is 0 Å². The molecule has 2 aromatic heterocycles. The van der Waals surface area contributed by atoms with Crippen molar-refractivity contribution in [2.45, 2.75) is 18.7 Å². The number of benzene rings is 1. The number of nitrogens with zero attached hydrogens (tertiary/aromatic N) is 5. The van der Waals surface area contributed by atoms with Crippen molar-refractivity contribution in [2.75, 3.05) is 31.1 Å². The summed E-state index contributed by atoms with van der Waals surface area (Å²) < 4.78 is 6.06. The zero-order chi connectivity index (χ0) is 16.6. The molecule has 0 radical (unpaired) electrons. The van der Waals surface area contributed by atoms with Crippen LogP contribution < -0.4 is 4.90 Å². The minimum Gasteiger partial charge on any atom is -0.373 e. The quantitative estimate of drug-likeness (QED) is 0.780. The summed E-state index contributed by atoms with van der Waals surface area (Å²) in [7, 11) is 0. The van der Waals surface area contributed by atoms with Crippen molar-refractivity contribution < 1.29 is 4.74 Å². The topological polar surface area (TPSA) is 70.2 Å². The number of aromatic amines is 1. The van der Waals surface area contributed by atoms with Crippen molar-refractivity contribution >= 4 is 17.0 Å². The standard InChI is InChI=1S/C18H20N6O/c1-2-4-13(5-3-1)8-23-6-7-25-15-10-24(9-14(15)23)18-16-17(20-11-19-16)21-12-22-18/h1-5,11-12,14-15H,6-10H2,(H,19,20,21,22)/t14-,15+/m0/s1. The van der Waals surface area contributed by atoms with Crippen molar-refractivity contribution in [3.05, 3.63) is 48.5 Å². The van der Waals surface area contributed by atoms with Gasteiger partial charge in [0.15, 0.2) is 11.5 Å². The van der Waals surface area contributed by atoms with Crippen LogP contribution >= 0.6 is 0 Å². The van der Waals surface area contributed by atoms with Gasteiger partial charge in [-0.25, -0.2) is 15.0 Å². The van der Waals surface area contributed by atoms with E-state index in [1.165, 1.54) is 5.56 Å². The molecule has 2 fully saturated rings. The van der Waals surface area contributed by atoms with Gasteiger partial charge in [0.2, 0.25) is 0 Å². The largest absolute Gasteiger partial charge is 0.373 e. The fourth-order valence-electron chi connectivity index (χ4n) is 3.94. The van der Waals surface area contributed by atoms with E-state index in [-0.39, 0.29) is 6.10 Å². The first kappa shape index (κ1) is 14.8. The minimum atomic E-state index is 0.213. The average molecular weight is 336 g/mol. The molecular weight excluding hydrogens is 316 g/mol. The van der Waals surface area contributed by atoms with Gasteiger partial charge in [0.05, 0.1) is 25.1 Å². The van der Waals surface area contributed by atoms with E-state index in [2.05, 4.69) is 60.1 Å². The lowest BCUT2D eigenvalue weighted by Crippen LogP contribution is -2.50.